The molecule has 0 radical (unpaired) electrons. The maximum Gasteiger partial charge on any atom is 0.320 e. The summed E-state index contributed by atoms with van der Waals surface area (Å²) in [5.41, 5.74) is 0. The van der Waals surface area contributed by atoms with Crippen molar-refractivity contribution < 1.29 is 57.2 Å². The third-order valence-electron chi connectivity index (χ3n) is 2.20. The lowest BCUT2D eigenvalue weighted by Gasteiger charge is -2.07. The first-order valence-corrected chi connectivity index (χ1v) is 6.54. The third-order valence-corrected chi connectivity index (χ3v) is 2.20. The van der Waals surface area contributed by atoms with Gasteiger partial charge in [0.05, 0.1) is 14.2 Å². The fourth-order valence-electron chi connectivity index (χ4n) is 1.02. The Bertz CT molecular complexity index is 477. The molecule has 12 heteroatoms. The molecule has 0 saturated heterocycles. The predicted molar refractivity (Wildman–Crippen MR) is 72.0 cm³/mol. The normalized spacial score (nSPS) is 9.36. The molecule has 0 unspecified atom stereocenters. The Balaban J connectivity index is 3.83. The zero-order chi connectivity index (χ0) is 19.2. The van der Waals surface area contributed by atoms with Gasteiger partial charge in [0, 0.05) is 0 Å². The van der Waals surface area contributed by atoms with Gasteiger partial charge < -0.3 is 28.4 Å². The van der Waals surface area contributed by atoms with E-state index >= 15 is 0 Å². The summed E-state index contributed by atoms with van der Waals surface area (Å²) >= 11 is 0. The van der Waals surface area contributed by atoms with Gasteiger partial charge in [0.2, 0.25) is 13.6 Å². The minimum atomic E-state index is -1.09. The molecule has 0 heterocycles. The molecule has 0 saturated carbocycles. The lowest BCUT2D eigenvalue weighted by molar-refractivity contribution is -0.173. The minimum absolute atomic E-state index is 0.660. The molecule has 0 fully saturated rings. The van der Waals surface area contributed by atoms with Crippen LogP contribution in [0, 0.1) is 0 Å². The summed E-state index contributed by atoms with van der Waals surface area (Å²) in [5, 5.41) is 0. The lowest BCUT2D eigenvalue weighted by Crippen LogP contribution is -2.20. The van der Waals surface area contributed by atoms with E-state index in [0.29, 0.717) is 0 Å². The molecule has 0 aromatic carbocycles. The number of ether oxygens (including phenoxy) is 6. The highest BCUT2D eigenvalue weighted by atomic mass is 16.7. The van der Waals surface area contributed by atoms with Crippen LogP contribution in [0.15, 0.2) is 0 Å². The minimum Gasteiger partial charge on any atom is -0.469 e. The second kappa shape index (κ2) is 12.3. The number of rotatable bonds is 10. The van der Waals surface area contributed by atoms with Gasteiger partial charge in [0.25, 0.3) is 0 Å². The van der Waals surface area contributed by atoms with Crippen molar-refractivity contribution in [3.8, 4) is 0 Å². The Hall–Kier alpha value is -3.18. The van der Waals surface area contributed by atoms with Crippen LogP contribution in [0.4, 0.5) is 0 Å². The number of esters is 6. The summed E-state index contributed by atoms with van der Waals surface area (Å²) in [6.07, 6.45) is -2.16. The second-order valence-corrected chi connectivity index (χ2v) is 3.98. The SMILES string of the molecule is COC(=O)CC(=O)OCOC(=O)CC(=O)OCOC(=O)CC(=O)OC. The molecule has 0 amide bonds. The van der Waals surface area contributed by atoms with E-state index in [-0.39, 0.29) is 0 Å². The van der Waals surface area contributed by atoms with Crippen molar-refractivity contribution in [1.29, 1.82) is 0 Å². The van der Waals surface area contributed by atoms with Gasteiger partial charge in [-0.15, -0.1) is 0 Å². The average molecular weight is 364 g/mol. The van der Waals surface area contributed by atoms with Crippen LogP contribution in [0.1, 0.15) is 19.3 Å². The van der Waals surface area contributed by atoms with Crippen LogP contribution >= 0.6 is 0 Å². The van der Waals surface area contributed by atoms with Crippen LogP contribution in [0.5, 0.6) is 0 Å². The molecule has 0 aliphatic rings. The maximum atomic E-state index is 11.2. The smallest absolute Gasteiger partial charge is 0.320 e. The number of carbonyl (C=O) groups is 6. The summed E-state index contributed by atoms with van der Waals surface area (Å²) in [6.45, 7) is -1.62. The molecule has 0 aliphatic carbocycles. The van der Waals surface area contributed by atoms with E-state index < -0.39 is 68.7 Å². The number of hydrogen-bond acceptors (Lipinski definition) is 12. The van der Waals surface area contributed by atoms with Crippen LogP contribution in [0.2, 0.25) is 0 Å². The summed E-state index contributed by atoms with van der Waals surface area (Å²) < 4.78 is 26.0. The largest absolute Gasteiger partial charge is 0.469 e. The molecule has 12 nitrogen and oxygen atoms in total. The van der Waals surface area contributed by atoms with E-state index in [9.17, 15) is 28.8 Å². The molecule has 0 rings (SSSR count). The van der Waals surface area contributed by atoms with Gasteiger partial charge in [-0.25, -0.2) is 0 Å². The Morgan fingerprint density at radius 2 is 0.720 bits per heavy atom. The van der Waals surface area contributed by atoms with Crippen molar-refractivity contribution >= 4 is 35.8 Å². The summed E-state index contributed by atoms with van der Waals surface area (Å²) in [4.78, 5) is 66.0. The van der Waals surface area contributed by atoms with Gasteiger partial charge in [-0.05, 0) is 0 Å². The Morgan fingerprint density at radius 3 is 0.960 bits per heavy atom. The van der Waals surface area contributed by atoms with Crippen molar-refractivity contribution in [2.45, 2.75) is 19.3 Å². The van der Waals surface area contributed by atoms with Crippen molar-refractivity contribution in [2.75, 3.05) is 27.8 Å². The fourth-order valence-corrected chi connectivity index (χ4v) is 1.02. The van der Waals surface area contributed by atoms with E-state index in [4.69, 9.17) is 0 Å². The maximum absolute atomic E-state index is 11.2. The molecule has 0 aromatic rings. The van der Waals surface area contributed by atoms with Gasteiger partial charge in [-0.2, -0.15) is 0 Å². The van der Waals surface area contributed by atoms with Gasteiger partial charge >= 0.3 is 35.8 Å². The first kappa shape index (κ1) is 21.8. The molecule has 0 spiro atoms. The quantitative estimate of drug-likeness (QED) is 0.193. The van der Waals surface area contributed by atoms with E-state index in [2.05, 4.69) is 28.4 Å². The number of carbonyl (C=O) groups excluding carboxylic acids is 6. The van der Waals surface area contributed by atoms with E-state index in [0.717, 1.165) is 14.2 Å². The van der Waals surface area contributed by atoms with E-state index in [1.54, 1.807) is 0 Å². The first-order valence-electron chi connectivity index (χ1n) is 6.54. The number of methoxy groups -OCH3 is 2. The van der Waals surface area contributed by atoms with Crippen LogP contribution in [-0.2, 0) is 57.2 Å². The summed E-state index contributed by atoms with van der Waals surface area (Å²) in [5.74, 6) is -5.81. The average Bonchev–Trinajstić information content (AvgIpc) is 2.54. The molecular weight excluding hydrogens is 348 g/mol. The lowest BCUT2D eigenvalue weighted by atomic mass is 10.4. The predicted octanol–water partition coefficient (Wildman–Crippen LogP) is -1.41. The molecule has 140 valence electrons. The molecule has 0 aliphatic heterocycles. The molecule has 0 N–H and O–H groups in total. The zero-order valence-electron chi connectivity index (χ0n) is 13.4. The molecule has 0 aromatic heterocycles. The summed E-state index contributed by atoms with van der Waals surface area (Å²) in [6, 6.07) is 0. The van der Waals surface area contributed by atoms with Crippen molar-refractivity contribution in [3.05, 3.63) is 0 Å². The highest BCUT2D eigenvalue weighted by Gasteiger charge is 2.16. The van der Waals surface area contributed by atoms with Crippen LogP contribution in [0.25, 0.3) is 0 Å². The topological polar surface area (TPSA) is 158 Å². The van der Waals surface area contributed by atoms with E-state index in [1.165, 1.54) is 0 Å². The molecular formula is C13H16O12. The monoisotopic (exact) mass is 364 g/mol. The third kappa shape index (κ3) is 12.0. The molecule has 25 heavy (non-hydrogen) atoms. The Kier molecular flexibility index (Phi) is 10.7. The summed E-state index contributed by atoms with van der Waals surface area (Å²) in [7, 11) is 2.15. The van der Waals surface area contributed by atoms with Crippen LogP contribution in [0.3, 0.4) is 0 Å². The van der Waals surface area contributed by atoms with Gasteiger partial charge in [-0.1, -0.05) is 0 Å². The van der Waals surface area contributed by atoms with Gasteiger partial charge in [-0.3, -0.25) is 28.8 Å². The van der Waals surface area contributed by atoms with Crippen molar-refractivity contribution in [3.63, 3.8) is 0 Å². The standard InChI is InChI=1S/C13H16O12/c1-20-8(14)3-10(16)22-6-24-12(18)5-13(19)25-7-23-11(17)4-9(15)21-2/h3-7H2,1-2H3. The molecule has 0 bridgehead atoms. The highest BCUT2D eigenvalue weighted by molar-refractivity contribution is 5.92. The fraction of sp³-hybridized carbons (Fsp3) is 0.538. The van der Waals surface area contributed by atoms with Crippen LogP contribution < -0.4 is 0 Å². The zero-order valence-corrected chi connectivity index (χ0v) is 13.4. The Morgan fingerprint density at radius 1 is 0.480 bits per heavy atom. The van der Waals surface area contributed by atoms with Gasteiger partial charge in [0.1, 0.15) is 19.3 Å². The van der Waals surface area contributed by atoms with Crippen molar-refractivity contribution in [1.82, 2.24) is 0 Å². The van der Waals surface area contributed by atoms with Gasteiger partial charge in [0.15, 0.2) is 0 Å². The van der Waals surface area contributed by atoms with Crippen LogP contribution in [-0.4, -0.2) is 63.6 Å². The highest BCUT2D eigenvalue weighted by Crippen LogP contribution is 1.96. The Labute approximate surface area is 141 Å². The van der Waals surface area contributed by atoms with Crippen molar-refractivity contribution in [2.24, 2.45) is 0 Å². The first-order chi connectivity index (χ1) is 11.8. The second-order valence-electron chi connectivity index (χ2n) is 3.98. The van der Waals surface area contributed by atoms with E-state index in [1.807, 2.05) is 0 Å². The molecule has 0 atom stereocenters. The number of hydrogen-bond donors (Lipinski definition) is 0.